The Morgan fingerprint density at radius 2 is 1.88 bits per heavy atom. The first-order valence-electron chi connectivity index (χ1n) is 7.92. The zero-order valence-corrected chi connectivity index (χ0v) is 14.8. The molecule has 0 aliphatic rings. The van der Waals surface area contributed by atoms with Gasteiger partial charge in [0.1, 0.15) is 17.5 Å². The molecule has 0 spiro atoms. The third-order valence-corrected chi connectivity index (χ3v) is 3.63. The number of benzene rings is 1. The Kier molecular flexibility index (Phi) is 7.36. The number of aliphatic imine (C=N–C) groups is 1. The summed E-state index contributed by atoms with van der Waals surface area (Å²) in [5.41, 5.74) is 2.35. The Labute approximate surface area is 148 Å². The molecular weight excluding hydrogens is 324 g/mol. The molecule has 0 saturated carbocycles. The molecule has 1 heterocycles. The van der Waals surface area contributed by atoms with E-state index in [1.165, 1.54) is 5.56 Å². The largest absolute Gasteiger partial charge is 0.492 e. The molecule has 0 fully saturated rings. The van der Waals surface area contributed by atoms with Crippen LogP contribution in [0.1, 0.15) is 11.1 Å². The van der Waals surface area contributed by atoms with Crippen molar-refractivity contribution in [3.05, 3.63) is 58.9 Å². The lowest BCUT2D eigenvalue weighted by atomic mass is 10.2. The summed E-state index contributed by atoms with van der Waals surface area (Å²) in [6.45, 7) is 4.07. The van der Waals surface area contributed by atoms with Gasteiger partial charge in [-0.3, -0.25) is 4.99 Å². The molecule has 2 aromatic rings. The third-order valence-electron chi connectivity index (χ3n) is 3.40. The summed E-state index contributed by atoms with van der Waals surface area (Å²) in [6, 6.07) is 11.8. The van der Waals surface area contributed by atoms with Crippen LogP contribution in [0.25, 0.3) is 0 Å². The van der Waals surface area contributed by atoms with Crippen LogP contribution in [-0.4, -0.2) is 37.7 Å². The predicted molar refractivity (Wildman–Crippen MR) is 99.0 cm³/mol. The van der Waals surface area contributed by atoms with E-state index in [4.69, 9.17) is 16.3 Å². The van der Waals surface area contributed by atoms with Crippen molar-refractivity contribution in [2.45, 2.75) is 13.3 Å². The van der Waals surface area contributed by atoms with Gasteiger partial charge in [0.25, 0.3) is 0 Å². The van der Waals surface area contributed by atoms with E-state index in [1.54, 1.807) is 19.3 Å². The minimum Gasteiger partial charge on any atom is -0.492 e. The number of nitrogens with zero attached hydrogens (tertiary/aromatic N) is 2. The average Bonchev–Trinajstić information content (AvgIpc) is 2.60. The fourth-order valence-corrected chi connectivity index (χ4v) is 2.18. The molecule has 2 N–H and O–H groups in total. The number of aromatic nitrogens is 1. The zero-order chi connectivity index (χ0) is 17.2. The van der Waals surface area contributed by atoms with Crippen molar-refractivity contribution in [3.8, 4) is 5.75 Å². The van der Waals surface area contributed by atoms with Gasteiger partial charge in [-0.05, 0) is 37.1 Å². The first-order valence-corrected chi connectivity index (χ1v) is 8.29. The Bertz CT molecular complexity index is 641. The lowest BCUT2D eigenvalue weighted by Crippen LogP contribution is -2.40. The summed E-state index contributed by atoms with van der Waals surface area (Å²) >= 11 is 5.77. The highest BCUT2D eigenvalue weighted by atomic mass is 35.5. The number of rotatable bonds is 7. The van der Waals surface area contributed by atoms with Crippen LogP contribution in [0.15, 0.2) is 47.6 Å². The standard InChI is InChI=1S/C18H23ClN4O/c1-14-3-6-16(7-4-14)24-12-11-22-18(20-2)21-10-9-15-5-8-17(19)23-13-15/h3-8,13H,9-12H2,1-2H3,(H2,20,21,22). The first kappa shape index (κ1) is 18.1. The first-order chi connectivity index (χ1) is 11.7. The molecule has 1 aromatic carbocycles. The molecule has 0 atom stereocenters. The van der Waals surface area contributed by atoms with E-state index in [1.807, 2.05) is 30.3 Å². The van der Waals surface area contributed by atoms with Gasteiger partial charge in [-0.15, -0.1) is 0 Å². The van der Waals surface area contributed by atoms with Crippen LogP contribution in [0.2, 0.25) is 5.15 Å². The maximum atomic E-state index is 5.77. The van der Waals surface area contributed by atoms with Crippen LogP contribution in [0, 0.1) is 6.92 Å². The van der Waals surface area contributed by atoms with E-state index in [-0.39, 0.29) is 0 Å². The van der Waals surface area contributed by atoms with Gasteiger partial charge in [0, 0.05) is 19.8 Å². The zero-order valence-electron chi connectivity index (χ0n) is 14.1. The monoisotopic (exact) mass is 346 g/mol. The van der Waals surface area contributed by atoms with Crippen LogP contribution in [0.4, 0.5) is 0 Å². The molecule has 2 rings (SSSR count). The van der Waals surface area contributed by atoms with Crippen molar-refractivity contribution in [3.63, 3.8) is 0 Å². The summed E-state index contributed by atoms with van der Waals surface area (Å²) in [5.74, 6) is 1.63. The fraction of sp³-hybridized carbons (Fsp3) is 0.333. The fourth-order valence-electron chi connectivity index (χ4n) is 2.07. The predicted octanol–water partition coefficient (Wildman–Crippen LogP) is 2.83. The molecule has 0 unspecified atom stereocenters. The Balaban J connectivity index is 1.63. The van der Waals surface area contributed by atoms with Gasteiger partial charge in [0.15, 0.2) is 5.96 Å². The van der Waals surface area contributed by atoms with Crippen molar-refractivity contribution in [1.29, 1.82) is 0 Å². The molecule has 6 heteroatoms. The highest BCUT2D eigenvalue weighted by Crippen LogP contribution is 2.10. The third kappa shape index (κ3) is 6.46. The Morgan fingerprint density at radius 1 is 1.12 bits per heavy atom. The van der Waals surface area contributed by atoms with Gasteiger partial charge in [-0.2, -0.15) is 0 Å². The molecule has 5 nitrogen and oxygen atoms in total. The minimum atomic E-state index is 0.512. The van der Waals surface area contributed by atoms with Crippen LogP contribution in [0.5, 0.6) is 5.75 Å². The van der Waals surface area contributed by atoms with E-state index < -0.39 is 0 Å². The van der Waals surface area contributed by atoms with Gasteiger partial charge < -0.3 is 15.4 Å². The topological polar surface area (TPSA) is 58.5 Å². The molecule has 0 bridgehead atoms. The maximum Gasteiger partial charge on any atom is 0.191 e. The number of hydrogen-bond acceptors (Lipinski definition) is 3. The van der Waals surface area contributed by atoms with E-state index in [2.05, 4.69) is 27.5 Å². The van der Waals surface area contributed by atoms with Crippen molar-refractivity contribution in [2.75, 3.05) is 26.7 Å². The molecule has 0 radical (unpaired) electrons. The highest BCUT2D eigenvalue weighted by molar-refractivity contribution is 6.29. The second-order valence-corrected chi connectivity index (χ2v) is 5.71. The molecule has 0 aliphatic heterocycles. The Morgan fingerprint density at radius 3 is 2.54 bits per heavy atom. The smallest absolute Gasteiger partial charge is 0.191 e. The number of aryl methyl sites for hydroxylation is 1. The van der Waals surface area contributed by atoms with Crippen LogP contribution < -0.4 is 15.4 Å². The number of hydrogen-bond donors (Lipinski definition) is 2. The summed E-state index contributed by atoms with van der Waals surface area (Å²) in [6.07, 6.45) is 2.64. The van der Waals surface area contributed by atoms with Crippen molar-refractivity contribution in [2.24, 2.45) is 4.99 Å². The van der Waals surface area contributed by atoms with E-state index in [0.717, 1.165) is 30.2 Å². The highest BCUT2D eigenvalue weighted by Gasteiger charge is 1.99. The second-order valence-electron chi connectivity index (χ2n) is 5.33. The molecule has 0 saturated heterocycles. The van der Waals surface area contributed by atoms with E-state index in [0.29, 0.717) is 18.3 Å². The van der Waals surface area contributed by atoms with Crippen molar-refractivity contribution < 1.29 is 4.74 Å². The van der Waals surface area contributed by atoms with Gasteiger partial charge in [0.2, 0.25) is 0 Å². The number of ether oxygens (including phenoxy) is 1. The molecule has 0 amide bonds. The molecular formula is C18H23ClN4O. The van der Waals surface area contributed by atoms with Gasteiger partial charge in [0.05, 0.1) is 6.54 Å². The van der Waals surface area contributed by atoms with Crippen LogP contribution in [0.3, 0.4) is 0 Å². The SMILES string of the molecule is CN=C(NCCOc1ccc(C)cc1)NCCc1ccc(Cl)nc1. The van der Waals surface area contributed by atoms with Gasteiger partial charge in [-0.25, -0.2) is 4.98 Å². The Hall–Kier alpha value is -2.27. The molecule has 0 aliphatic carbocycles. The normalized spacial score (nSPS) is 11.2. The number of halogens is 1. The molecule has 128 valence electrons. The lowest BCUT2D eigenvalue weighted by molar-refractivity contribution is 0.322. The quantitative estimate of drug-likeness (QED) is 0.350. The van der Waals surface area contributed by atoms with Gasteiger partial charge >= 0.3 is 0 Å². The summed E-state index contributed by atoms with van der Waals surface area (Å²) in [7, 11) is 1.75. The molecule has 24 heavy (non-hydrogen) atoms. The van der Waals surface area contributed by atoms with Crippen LogP contribution >= 0.6 is 11.6 Å². The summed E-state index contributed by atoms with van der Waals surface area (Å²) < 4.78 is 5.67. The van der Waals surface area contributed by atoms with E-state index >= 15 is 0 Å². The summed E-state index contributed by atoms with van der Waals surface area (Å²) in [4.78, 5) is 8.26. The van der Waals surface area contributed by atoms with Crippen molar-refractivity contribution in [1.82, 2.24) is 15.6 Å². The number of pyridine rings is 1. The maximum absolute atomic E-state index is 5.77. The minimum absolute atomic E-state index is 0.512. The van der Waals surface area contributed by atoms with E-state index in [9.17, 15) is 0 Å². The van der Waals surface area contributed by atoms with Gasteiger partial charge in [-0.1, -0.05) is 35.4 Å². The average molecular weight is 347 g/mol. The number of nitrogens with one attached hydrogen (secondary N) is 2. The second kappa shape index (κ2) is 9.78. The van der Waals surface area contributed by atoms with Crippen LogP contribution in [-0.2, 0) is 6.42 Å². The molecule has 1 aromatic heterocycles. The summed E-state index contributed by atoms with van der Waals surface area (Å²) in [5, 5.41) is 7.00. The number of guanidine groups is 1. The van der Waals surface area contributed by atoms with Crippen molar-refractivity contribution >= 4 is 17.6 Å². The lowest BCUT2D eigenvalue weighted by Gasteiger charge is -2.12.